The molecule has 2 N–H and O–H groups in total. The van der Waals surface area contributed by atoms with Crippen LogP contribution in [0.3, 0.4) is 0 Å². The molecule has 200 valence electrons. The minimum absolute atomic E-state index is 0.256. The van der Waals surface area contributed by atoms with Crippen molar-refractivity contribution in [1.82, 2.24) is 0 Å². The molecule has 0 unspecified atom stereocenters. The highest BCUT2D eigenvalue weighted by molar-refractivity contribution is 6.18. The Morgan fingerprint density at radius 1 is 0.474 bits per heavy atom. The van der Waals surface area contributed by atoms with Gasteiger partial charge in [0.05, 0.1) is 12.2 Å². The van der Waals surface area contributed by atoms with Gasteiger partial charge in [-0.15, -0.1) is 23.2 Å². The molecule has 0 bridgehead atoms. The van der Waals surface area contributed by atoms with Crippen molar-refractivity contribution in [3.8, 4) is 11.5 Å². The fourth-order valence-electron chi connectivity index (χ4n) is 3.58. The largest absolute Gasteiger partial charge is 0.489 e. The van der Waals surface area contributed by atoms with Gasteiger partial charge in [0, 0.05) is 11.8 Å². The number of benzene rings is 4. The lowest BCUT2D eigenvalue weighted by Gasteiger charge is -2.09. The predicted octanol–water partition coefficient (Wildman–Crippen LogP) is 6.82. The van der Waals surface area contributed by atoms with Gasteiger partial charge in [0.2, 0.25) is 0 Å². The third-order valence-electron chi connectivity index (χ3n) is 5.64. The lowest BCUT2D eigenvalue weighted by molar-refractivity contribution is 0.198. The van der Waals surface area contributed by atoms with Crippen molar-refractivity contribution in [1.29, 1.82) is 0 Å². The molecule has 0 amide bonds. The van der Waals surface area contributed by atoms with E-state index in [2.05, 4.69) is 0 Å². The Labute approximate surface area is 235 Å². The molecule has 0 aliphatic carbocycles. The second-order valence-electron chi connectivity index (χ2n) is 8.86. The maximum absolute atomic E-state index is 9.47. The van der Waals surface area contributed by atoms with Crippen LogP contribution in [0.15, 0.2) is 109 Å². The Hall–Kier alpha value is -3.02. The summed E-state index contributed by atoms with van der Waals surface area (Å²) in [6.07, 6.45) is 0.167. The van der Waals surface area contributed by atoms with E-state index in [0.29, 0.717) is 26.1 Å². The van der Waals surface area contributed by atoms with Gasteiger partial charge >= 0.3 is 0 Å². The Bertz CT molecular complexity index is 1060. The lowest BCUT2D eigenvalue weighted by atomic mass is 10.1. The van der Waals surface area contributed by atoms with Crippen molar-refractivity contribution < 1.29 is 19.7 Å². The van der Waals surface area contributed by atoms with E-state index in [1.807, 2.05) is 109 Å². The molecule has 0 fully saturated rings. The number of ether oxygens (including phenoxy) is 2. The maximum atomic E-state index is 9.47. The Balaban J connectivity index is 0.000000211. The van der Waals surface area contributed by atoms with Crippen LogP contribution in [0.2, 0.25) is 0 Å². The summed E-state index contributed by atoms with van der Waals surface area (Å²) in [6, 6.07) is 35.6. The molecule has 0 radical (unpaired) electrons. The zero-order valence-electron chi connectivity index (χ0n) is 21.3. The molecule has 6 heteroatoms. The van der Waals surface area contributed by atoms with Gasteiger partial charge in [-0.1, -0.05) is 84.9 Å². The summed E-state index contributed by atoms with van der Waals surface area (Å²) in [5.74, 6) is 2.17. The Morgan fingerprint density at radius 3 is 1.13 bits per heavy atom. The van der Waals surface area contributed by atoms with Crippen molar-refractivity contribution in [3.05, 3.63) is 131 Å². The van der Waals surface area contributed by atoms with Crippen LogP contribution >= 0.6 is 23.2 Å². The van der Waals surface area contributed by atoms with Crippen LogP contribution in [-0.2, 0) is 26.1 Å². The van der Waals surface area contributed by atoms with Crippen LogP contribution in [0.25, 0.3) is 0 Å². The number of halogens is 2. The molecule has 4 nitrogen and oxygen atoms in total. The highest BCUT2D eigenvalue weighted by Gasteiger charge is 2.05. The molecule has 4 aromatic carbocycles. The molecular formula is C32H34Cl2O4. The van der Waals surface area contributed by atoms with Crippen LogP contribution in [-0.4, -0.2) is 34.2 Å². The second kappa shape index (κ2) is 16.7. The Morgan fingerprint density at radius 2 is 0.816 bits per heavy atom. The topological polar surface area (TPSA) is 58.9 Å². The van der Waals surface area contributed by atoms with E-state index in [1.54, 1.807) is 0 Å². The van der Waals surface area contributed by atoms with Gasteiger partial charge in [-0.25, -0.2) is 0 Å². The summed E-state index contributed by atoms with van der Waals surface area (Å²) >= 11 is 11.2. The average molecular weight is 554 g/mol. The summed E-state index contributed by atoms with van der Waals surface area (Å²) in [5.41, 5.74) is 4.40. The minimum atomic E-state index is -0.488. The standard InChI is InChI=1S/2C16H17ClO2/c2*17-11-15(18)10-13-6-8-16(9-7-13)19-12-14-4-2-1-3-5-14/h2*1-9,15,18H,10-12H2/t2*15-/m11/s1. The molecule has 0 saturated carbocycles. The van der Waals surface area contributed by atoms with E-state index < -0.39 is 12.2 Å². The van der Waals surface area contributed by atoms with Gasteiger partial charge in [-0.05, 0) is 59.4 Å². The number of aliphatic hydroxyl groups excluding tert-OH is 2. The number of hydrogen-bond acceptors (Lipinski definition) is 4. The first-order valence-corrected chi connectivity index (χ1v) is 13.6. The summed E-state index contributed by atoms with van der Waals surface area (Å²) in [6.45, 7) is 1.12. The zero-order chi connectivity index (χ0) is 27.0. The van der Waals surface area contributed by atoms with Gasteiger partial charge < -0.3 is 19.7 Å². The molecular weight excluding hydrogens is 519 g/mol. The maximum Gasteiger partial charge on any atom is 0.119 e. The normalized spacial score (nSPS) is 12.1. The molecule has 4 aromatic rings. The summed E-state index contributed by atoms with van der Waals surface area (Å²) < 4.78 is 11.4. The van der Waals surface area contributed by atoms with Crippen molar-refractivity contribution in [2.24, 2.45) is 0 Å². The van der Waals surface area contributed by atoms with E-state index >= 15 is 0 Å². The third-order valence-corrected chi connectivity index (χ3v) is 6.35. The summed E-state index contributed by atoms with van der Waals surface area (Å²) in [4.78, 5) is 0. The van der Waals surface area contributed by atoms with E-state index in [9.17, 15) is 10.2 Å². The van der Waals surface area contributed by atoms with Gasteiger partial charge in [0.25, 0.3) is 0 Å². The first-order chi connectivity index (χ1) is 18.6. The number of hydrogen-bond donors (Lipinski definition) is 2. The fraction of sp³-hybridized carbons (Fsp3) is 0.250. The molecule has 2 atom stereocenters. The van der Waals surface area contributed by atoms with Gasteiger partial charge in [0.15, 0.2) is 0 Å². The predicted molar refractivity (Wildman–Crippen MR) is 155 cm³/mol. The monoisotopic (exact) mass is 552 g/mol. The highest BCUT2D eigenvalue weighted by Crippen LogP contribution is 2.17. The molecule has 0 spiro atoms. The molecule has 0 aliphatic rings. The zero-order valence-corrected chi connectivity index (χ0v) is 22.8. The summed E-state index contributed by atoms with van der Waals surface area (Å²) in [5, 5.41) is 18.9. The van der Waals surface area contributed by atoms with Crippen molar-refractivity contribution >= 4 is 23.2 Å². The number of rotatable bonds is 12. The van der Waals surface area contributed by atoms with Gasteiger partial charge in [-0.2, -0.15) is 0 Å². The van der Waals surface area contributed by atoms with E-state index in [1.165, 1.54) is 0 Å². The fourth-order valence-corrected chi connectivity index (χ4v) is 3.80. The molecule has 38 heavy (non-hydrogen) atoms. The summed E-state index contributed by atoms with van der Waals surface area (Å²) in [7, 11) is 0. The lowest BCUT2D eigenvalue weighted by Crippen LogP contribution is -2.11. The average Bonchev–Trinajstić information content (AvgIpc) is 2.97. The van der Waals surface area contributed by atoms with Crippen molar-refractivity contribution in [2.75, 3.05) is 11.8 Å². The van der Waals surface area contributed by atoms with E-state index in [-0.39, 0.29) is 11.8 Å². The van der Waals surface area contributed by atoms with Gasteiger partial charge in [0.1, 0.15) is 24.7 Å². The van der Waals surface area contributed by atoms with E-state index in [4.69, 9.17) is 32.7 Å². The second-order valence-corrected chi connectivity index (χ2v) is 9.48. The molecule has 0 saturated heterocycles. The van der Waals surface area contributed by atoms with E-state index in [0.717, 1.165) is 33.8 Å². The van der Waals surface area contributed by atoms with Crippen molar-refractivity contribution in [3.63, 3.8) is 0 Å². The van der Waals surface area contributed by atoms with Gasteiger partial charge in [-0.3, -0.25) is 0 Å². The van der Waals surface area contributed by atoms with Crippen LogP contribution in [0.5, 0.6) is 11.5 Å². The van der Waals surface area contributed by atoms with Crippen LogP contribution in [0.1, 0.15) is 22.3 Å². The molecule has 4 rings (SSSR count). The number of aliphatic hydroxyl groups is 2. The smallest absolute Gasteiger partial charge is 0.119 e. The number of alkyl halides is 2. The van der Waals surface area contributed by atoms with Crippen molar-refractivity contribution in [2.45, 2.75) is 38.3 Å². The molecule has 0 aromatic heterocycles. The quantitative estimate of drug-likeness (QED) is 0.189. The minimum Gasteiger partial charge on any atom is -0.489 e. The Kier molecular flexibility index (Phi) is 13.0. The van der Waals surface area contributed by atoms with Crippen LogP contribution in [0, 0.1) is 0 Å². The first-order valence-electron chi connectivity index (χ1n) is 12.5. The van der Waals surface area contributed by atoms with Crippen LogP contribution < -0.4 is 9.47 Å². The molecule has 0 aliphatic heterocycles. The third kappa shape index (κ3) is 11.2. The van der Waals surface area contributed by atoms with Crippen LogP contribution in [0.4, 0.5) is 0 Å². The SMILES string of the molecule is O[C@@H](CCl)Cc1ccc(OCc2ccccc2)cc1.O[C@@H](CCl)Cc1ccc(OCc2ccccc2)cc1. The molecule has 0 heterocycles. The highest BCUT2D eigenvalue weighted by atomic mass is 35.5. The first kappa shape index (κ1) is 29.5.